The smallest absolute Gasteiger partial charge is 0.238 e. The highest BCUT2D eigenvalue weighted by Crippen LogP contribution is 2.41. The summed E-state index contributed by atoms with van der Waals surface area (Å²) in [5.41, 5.74) is 3.67. The van der Waals surface area contributed by atoms with Crippen LogP contribution in [0.3, 0.4) is 0 Å². The first-order valence-corrected chi connectivity index (χ1v) is 15.9. The summed E-state index contributed by atoms with van der Waals surface area (Å²) in [4.78, 5) is 15.0. The van der Waals surface area contributed by atoms with Gasteiger partial charge in [-0.25, -0.2) is 4.98 Å². The Bertz CT molecular complexity index is 3350. The molecule has 5 heteroatoms. The summed E-state index contributed by atoms with van der Waals surface area (Å²) in [5.74, 6) is 1.18. The molecular formula is C45H28N4O. The van der Waals surface area contributed by atoms with Crippen molar-refractivity contribution in [3.8, 4) is 51.0 Å². The maximum Gasteiger partial charge on any atom is 0.238 e. The van der Waals surface area contributed by atoms with Gasteiger partial charge in [-0.05, 0) is 53.1 Å². The van der Waals surface area contributed by atoms with Gasteiger partial charge in [0.25, 0.3) is 0 Å². The Morgan fingerprint density at radius 3 is 1.78 bits per heavy atom. The minimum absolute atomic E-state index is 0.0873. The number of para-hydroxylation sites is 2. The van der Waals surface area contributed by atoms with E-state index in [1.807, 2.05) is 77.4 Å². The highest BCUT2D eigenvalue weighted by molar-refractivity contribution is 6.12. The monoisotopic (exact) mass is 650 g/mol. The van der Waals surface area contributed by atoms with Crippen LogP contribution in [0.25, 0.3) is 94.7 Å². The van der Waals surface area contributed by atoms with Crippen LogP contribution >= 0.6 is 0 Å². The Morgan fingerprint density at radius 2 is 1.08 bits per heavy atom. The highest BCUT2D eigenvalue weighted by atomic mass is 16.3. The third kappa shape index (κ3) is 4.60. The molecule has 0 aliphatic rings. The average molecular weight is 651 g/mol. The number of rotatable bonds is 5. The zero-order valence-electron chi connectivity index (χ0n) is 36.1. The van der Waals surface area contributed by atoms with Gasteiger partial charge in [-0.15, -0.1) is 0 Å². The predicted octanol–water partition coefficient (Wildman–Crippen LogP) is 11.5. The molecule has 0 N–H and O–H groups in total. The van der Waals surface area contributed by atoms with Crippen LogP contribution in [-0.4, -0.2) is 19.5 Å². The fourth-order valence-electron chi connectivity index (χ4n) is 6.57. The second-order valence-corrected chi connectivity index (χ2v) is 11.7. The average Bonchev–Trinajstić information content (AvgIpc) is 3.82. The van der Waals surface area contributed by atoms with Gasteiger partial charge in [0.1, 0.15) is 11.2 Å². The maximum atomic E-state index is 8.86. The number of hydrogen-bond donors (Lipinski definition) is 0. The molecule has 50 heavy (non-hydrogen) atoms. The van der Waals surface area contributed by atoms with Gasteiger partial charge in [-0.1, -0.05) is 133 Å². The maximum absolute atomic E-state index is 8.86. The van der Waals surface area contributed by atoms with Crippen molar-refractivity contribution in [1.82, 2.24) is 19.5 Å². The lowest BCUT2D eigenvalue weighted by atomic mass is 9.95. The van der Waals surface area contributed by atoms with Crippen molar-refractivity contribution in [2.75, 3.05) is 0 Å². The zero-order valence-corrected chi connectivity index (χ0v) is 26.1. The molecule has 0 saturated carbocycles. The van der Waals surface area contributed by atoms with Gasteiger partial charge in [0.05, 0.1) is 24.7 Å². The SMILES string of the molecule is [2H]c1c([2H])c([2H])c(-c2cc(-c3c([2H])c([2H])c([2H])c([2H])c3[2H])c3oc4cc(-c5nc(-c6ccccc6)nc(-n6c7ccccc7c7ccccc76)n5)ccc4c3c2)c([2H])c1[2H]. The lowest BCUT2D eigenvalue weighted by molar-refractivity contribution is 0.670. The summed E-state index contributed by atoms with van der Waals surface area (Å²) in [5, 5.41) is 3.06. The Morgan fingerprint density at radius 1 is 0.460 bits per heavy atom. The topological polar surface area (TPSA) is 56.7 Å². The van der Waals surface area contributed by atoms with Gasteiger partial charge in [-0.3, -0.25) is 4.57 Å². The summed E-state index contributed by atoms with van der Waals surface area (Å²) < 4.78 is 93.7. The van der Waals surface area contributed by atoms with Gasteiger partial charge in [-0.2, -0.15) is 9.97 Å². The predicted molar refractivity (Wildman–Crippen MR) is 203 cm³/mol. The lowest BCUT2D eigenvalue weighted by Crippen LogP contribution is -2.06. The first-order valence-electron chi connectivity index (χ1n) is 20.9. The molecule has 0 radical (unpaired) electrons. The molecule has 234 valence electrons. The fourth-order valence-corrected chi connectivity index (χ4v) is 6.57. The van der Waals surface area contributed by atoms with Gasteiger partial charge in [0.15, 0.2) is 11.6 Å². The summed E-state index contributed by atoms with van der Waals surface area (Å²) in [6.07, 6.45) is 0. The zero-order chi connectivity index (χ0) is 41.7. The van der Waals surface area contributed by atoms with Crippen LogP contribution in [0, 0.1) is 0 Å². The van der Waals surface area contributed by atoms with Gasteiger partial charge < -0.3 is 4.42 Å². The first-order chi connectivity index (χ1) is 28.9. The van der Waals surface area contributed by atoms with Crippen LogP contribution < -0.4 is 0 Å². The van der Waals surface area contributed by atoms with Crippen molar-refractivity contribution < 1.29 is 18.1 Å². The van der Waals surface area contributed by atoms with E-state index in [1.54, 1.807) is 18.2 Å². The molecule has 0 aliphatic carbocycles. The van der Waals surface area contributed by atoms with Crippen molar-refractivity contribution in [2.24, 2.45) is 0 Å². The largest absolute Gasteiger partial charge is 0.455 e. The number of hydrogen-bond acceptors (Lipinski definition) is 4. The molecule has 0 spiro atoms. The standard InChI is InChI=1S/C45H28N4O/c1-4-14-29(15-5-1)33-26-37(30-16-6-2-7-17-30)42-38(27-33)36-25-24-32(28-41(36)50-42)44-46-43(31-18-8-3-9-19-31)47-45(48-44)49-39-22-12-10-20-34(39)35-21-11-13-23-40(35)49/h1-28H/i1D,2D,4D,5D,6D,7D,14D,15D,16D,17D. The summed E-state index contributed by atoms with van der Waals surface area (Å²) >= 11 is 0. The van der Waals surface area contributed by atoms with E-state index in [9.17, 15) is 0 Å². The fraction of sp³-hybridized carbons (Fsp3) is 0. The molecule has 7 aromatic carbocycles. The van der Waals surface area contributed by atoms with Crippen molar-refractivity contribution in [3.05, 3.63) is 170 Å². The van der Waals surface area contributed by atoms with Gasteiger partial charge in [0, 0.05) is 38.2 Å². The van der Waals surface area contributed by atoms with E-state index >= 15 is 0 Å². The summed E-state index contributed by atoms with van der Waals surface area (Å²) in [6, 6.07) is 28.9. The van der Waals surface area contributed by atoms with Crippen LogP contribution in [0.15, 0.2) is 174 Å². The van der Waals surface area contributed by atoms with E-state index in [1.165, 1.54) is 6.07 Å². The number of aromatic nitrogens is 4. The van der Waals surface area contributed by atoms with E-state index in [4.69, 9.17) is 33.1 Å². The van der Waals surface area contributed by atoms with Crippen molar-refractivity contribution in [1.29, 1.82) is 0 Å². The normalized spacial score (nSPS) is 14.4. The molecule has 10 aromatic rings. The van der Waals surface area contributed by atoms with Crippen LogP contribution in [0.5, 0.6) is 0 Å². The molecule has 0 fully saturated rings. The lowest BCUT2D eigenvalue weighted by Gasteiger charge is -2.10. The summed E-state index contributed by atoms with van der Waals surface area (Å²) in [6.45, 7) is 0. The quantitative estimate of drug-likeness (QED) is 0.186. The van der Waals surface area contributed by atoms with Gasteiger partial charge in [0.2, 0.25) is 5.95 Å². The molecule has 0 saturated heterocycles. The molecule has 10 rings (SSSR count). The minimum Gasteiger partial charge on any atom is -0.455 e. The first kappa shape index (κ1) is 19.8. The molecule has 0 unspecified atom stereocenters. The molecule has 0 atom stereocenters. The van der Waals surface area contributed by atoms with E-state index in [0.717, 1.165) is 27.4 Å². The third-order valence-corrected chi connectivity index (χ3v) is 8.82. The number of furan rings is 1. The van der Waals surface area contributed by atoms with Gasteiger partial charge >= 0.3 is 0 Å². The van der Waals surface area contributed by atoms with Crippen molar-refractivity contribution in [2.45, 2.75) is 0 Å². The second kappa shape index (κ2) is 11.4. The molecule has 3 aromatic heterocycles. The second-order valence-electron chi connectivity index (χ2n) is 11.7. The van der Waals surface area contributed by atoms with E-state index < -0.39 is 60.4 Å². The Kier molecular flexibility index (Phi) is 4.52. The van der Waals surface area contributed by atoms with E-state index in [0.29, 0.717) is 39.5 Å². The molecule has 0 aliphatic heterocycles. The van der Waals surface area contributed by atoms with E-state index in [-0.39, 0.29) is 27.8 Å². The van der Waals surface area contributed by atoms with Crippen LogP contribution in [-0.2, 0) is 0 Å². The Balaban J connectivity index is 1.25. The van der Waals surface area contributed by atoms with Crippen molar-refractivity contribution in [3.63, 3.8) is 0 Å². The Labute approximate surface area is 301 Å². The van der Waals surface area contributed by atoms with Crippen molar-refractivity contribution >= 4 is 43.7 Å². The Hall–Kier alpha value is -6.85. The number of nitrogens with zero attached hydrogens (tertiary/aromatic N) is 4. The minimum atomic E-state index is -0.575. The van der Waals surface area contributed by atoms with Crippen LogP contribution in [0.1, 0.15) is 13.7 Å². The van der Waals surface area contributed by atoms with E-state index in [2.05, 4.69) is 12.1 Å². The molecule has 0 bridgehead atoms. The highest BCUT2D eigenvalue weighted by Gasteiger charge is 2.20. The molecule has 5 nitrogen and oxygen atoms in total. The van der Waals surface area contributed by atoms with Crippen LogP contribution in [0.2, 0.25) is 0 Å². The molecular weight excluding hydrogens is 613 g/mol. The third-order valence-electron chi connectivity index (χ3n) is 8.82. The summed E-state index contributed by atoms with van der Waals surface area (Å²) in [7, 11) is 0. The molecule has 3 heterocycles. The number of fused-ring (bicyclic) bond motifs is 6. The van der Waals surface area contributed by atoms with Crippen LogP contribution in [0.4, 0.5) is 0 Å². The molecule has 0 amide bonds. The number of benzene rings is 7.